The van der Waals surface area contributed by atoms with Crippen molar-refractivity contribution in [1.29, 1.82) is 5.26 Å². The van der Waals surface area contributed by atoms with E-state index in [1.807, 2.05) is 0 Å². The van der Waals surface area contributed by atoms with Crippen molar-refractivity contribution in [3.05, 3.63) is 29.3 Å². The van der Waals surface area contributed by atoms with Crippen LogP contribution in [0.1, 0.15) is 36.8 Å². The van der Waals surface area contributed by atoms with Gasteiger partial charge in [-0.25, -0.2) is 0 Å². The van der Waals surface area contributed by atoms with Crippen molar-refractivity contribution in [2.24, 2.45) is 0 Å². The fourth-order valence-electron chi connectivity index (χ4n) is 1.69. The first-order valence-electron chi connectivity index (χ1n) is 6.06. The molecule has 0 atom stereocenters. The minimum absolute atomic E-state index is 0.0706. The Balaban J connectivity index is 2.51. The van der Waals surface area contributed by atoms with Crippen LogP contribution in [0.4, 0.5) is 5.69 Å². The van der Waals surface area contributed by atoms with E-state index in [1.54, 1.807) is 25.1 Å². The molecule has 0 fully saturated rings. The smallest absolute Gasteiger partial charge is 0.303 e. The van der Waals surface area contributed by atoms with Gasteiger partial charge in [-0.05, 0) is 31.4 Å². The number of benzene rings is 1. The molecule has 0 saturated carbocycles. The summed E-state index contributed by atoms with van der Waals surface area (Å²) in [6.45, 7) is 1.81. The number of hydrogen-bond donors (Lipinski definition) is 2. The number of carboxylic acids is 1. The molecule has 0 unspecified atom stereocenters. The summed E-state index contributed by atoms with van der Waals surface area (Å²) in [5.41, 5.74) is 1.78. The monoisotopic (exact) mass is 260 g/mol. The third-order valence-corrected chi connectivity index (χ3v) is 2.70. The van der Waals surface area contributed by atoms with E-state index in [1.165, 1.54) is 0 Å². The molecule has 0 aliphatic heterocycles. The van der Waals surface area contributed by atoms with Crippen LogP contribution >= 0.6 is 0 Å². The van der Waals surface area contributed by atoms with Crippen molar-refractivity contribution in [3.63, 3.8) is 0 Å². The number of nitriles is 1. The summed E-state index contributed by atoms with van der Waals surface area (Å²) in [5, 5.41) is 20.2. The van der Waals surface area contributed by atoms with E-state index in [0.717, 1.165) is 5.56 Å². The summed E-state index contributed by atoms with van der Waals surface area (Å²) in [6, 6.07) is 7.32. The number of carbonyl (C=O) groups excluding carboxylic acids is 1. The van der Waals surface area contributed by atoms with Crippen LogP contribution in [0.25, 0.3) is 0 Å². The largest absolute Gasteiger partial charge is 0.481 e. The van der Waals surface area contributed by atoms with Crippen molar-refractivity contribution in [2.75, 3.05) is 5.32 Å². The van der Waals surface area contributed by atoms with Crippen LogP contribution in [-0.2, 0) is 9.59 Å². The van der Waals surface area contributed by atoms with Crippen molar-refractivity contribution in [3.8, 4) is 6.07 Å². The number of rotatable bonds is 6. The lowest BCUT2D eigenvalue weighted by Gasteiger charge is -2.08. The molecule has 0 aliphatic rings. The molecule has 0 bridgehead atoms. The van der Waals surface area contributed by atoms with Crippen molar-refractivity contribution < 1.29 is 14.7 Å². The molecular formula is C14H16N2O3. The highest BCUT2D eigenvalue weighted by atomic mass is 16.4. The first-order valence-corrected chi connectivity index (χ1v) is 6.06. The van der Waals surface area contributed by atoms with Gasteiger partial charge in [0.15, 0.2) is 0 Å². The number of anilines is 1. The van der Waals surface area contributed by atoms with Crippen molar-refractivity contribution in [2.45, 2.75) is 32.6 Å². The van der Waals surface area contributed by atoms with E-state index in [-0.39, 0.29) is 18.7 Å². The van der Waals surface area contributed by atoms with Crippen LogP contribution in [0.3, 0.4) is 0 Å². The summed E-state index contributed by atoms with van der Waals surface area (Å²) in [5.74, 6) is -1.06. The highest BCUT2D eigenvalue weighted by molar-refractivity contribution is 5.92. The van der Waals surface area contributed by atoms with Crippen LogP contribution in [0.5, 0.6) is 0 Å². The van der Waals surface area contributed by atoms with Crippen LogP contribution in [0, 0.1) is 18.3 Å². The average molecular weight is 260 g/mol. The zero-order valence-electron chi connectivity index (χ0n) is 10.8. The Hall–Kier alpha value is -2.35. The molecule has 1 rings (SSSR count). The zero-order chi connectivity index (χ0) is 14.3. The van der Waals surface area contributed by atoms with Crippen LogP contribution in [0.15, 0.2) is 18.2 Å². The highest BCUT2D eigenvalue weighted by Crippen LogP contribution is 2.18. The fourth-order valence-corrected chi connectivity index (χ4v) is 1.69. The maximum Gasteiger partial charge on any atom is 0.303 e. The van der Waals surface area contributed by atoms with Gasteiger partial charge < -0.3 is 10.4 Å². The van der Waals surface area contributed by atoms with E-state index >= 15 is 0 Å². The van der Waals surface area contributed by atoms with Crippen LogP contribution < -0.4 is 5.32 Å². The Kier molecular flexibility index (Phi) is 5.55. The first-order chi connectivity index (χ1) is 9.04. The Morgan fingerprint density at radius 2 is 2.00 bits per heavy atom. The minimum Gasteiger partial charge on any atom is -0.481 e. The lowest BCUT2D eigenvalue weighted by molar-refractivity contribution is -0.137. The number of nitrogens with zero attached hydrogens (tertiary/aromatic N) is 1. The molecule has 1 aromatic rings. The SMILES string of the molecule is Cc1cccc(NC(=O)CCCCC(=O)O)c1C#N. The number of unbranched alkanes of at least 4 members (excludes halogenated alkanes) is 1. The van der Waals surface area contributed by atoms with Gasteiger partial charge in [0.05, 0.1) is 11.3 Å². The molecule has 0 saturated heterocycles. The molecular weight excluding hydrogens is 244 g/mol. The van der Waals surface area contributed by atoms with Crippen molar-refractivity contribution >= 4 is 17.6 Å². The topological polar surface area (TPSA) is 90.2 Å². The van der Waals surface area contributed by atoms with Gasteiger partial charge in [-0.3, -0.25) is 9.59 Å². The number of carbonyl (C=O) groups is 2. The summed E-state index contributed by atoms with van der Waals surface area (Å²) in [7, 11) is 0. The first kappa shape index (κ1) is 14.7. The number of aryl methyl sites for hydroxylation is 1. The Labute approximate surface area is 111 Å². The molecule has 0 spiro atoms. The molecule has 0 aliphatic carbocycles. The number of nitrogens with one attached hydrogen (secondary N) is 1. The third kappa shape index (κ3) is 4.80. The highest BCUT2D eigenvalue weighted by Gasteiger charge is 2.08. The average Bonchev–Trinajstić information content (AvgIpc) is 2.35. The number of carboxylic acid groups (broad SMARTS) is 1. The molecule has 5 nitrogen and oxygen atoms in total. The molecule has 19 heavy (non-hydrogen) atoms. The van der Waals surface area contributed by atoms with Crippen molar-refractivity contribution in [1.82, 2.24) is 0 Å². The number of aliphatic carboxylic acids is 1. The molecule has 2 N–H and O–H groups in total. The zero-order valence-corrected chi connectivity index (χ0v) is 10.8. The van der Waals surface area contributed by atoms with Gasteiger partial charge in [0.1, 0.15) is 6.07 Å². The lowest BCUT2D eigenvalue weighted by Crippen LogP contribution is -2.12. The maximum absolute atomic E-state index is 11.7. The Morgan fingerprint density at radius 1 is 1.32 bits per heavy atom. The predicted molar refractivity (Wildman–Crippen MR) is 70.6 cm³/mol. The van der Waals surface area contributed by atoms with Gasteiger partial charge in [0.25, 0.3) is 0 Å². The van der Waals surface area contributed by atoms with E-state index in [9.17, 15) is 9.59 Å². The normalized spacial score (nSPS) is 9.68. The molecule has 1 amide bonds. The van der Waals surface area contributed by atoms with E-state index in [2.05, 4.69) is 11.4 Å². The van der Waals surface area contributed by atoms with Gasteiger partial charge in [-0.15, -0.1) is 0 Å². The van der Waals surface area contributed by atoms with E-state index < -0.39 is 5.97 Å². The molecule has 100 valence electrons. The third-order valence-electron chi connectivity index (χ3n) is 2.70. The fraction of sp³-hybridized carbons (Fsp3) is 0.357. The standard InChI is InChI=1S/C14H16N2O3/c1-10-5-4-6-12(11(10)9-15)16-13(17)7-2-3-8-14(18)19/h4-6H,2-3,7-8H2,1H3,(H,16,17)(H,18,19). The predicted octanol–water partition coefficient (Wildman–Crippen LogP) is 2.45. The van der Waals surface area contributed by atoms with E-state index in [4.69, 9.17) is 10.4 Å². The maximum atomic E-state index is 11.7. The van der Waals surface area contributed by atoms with Gasteiger partial charge in [-0.2, -0.15) is 5.26 Å². The summed E-state index contributed by atoms with van der Waals surface area (Å²) < 4.78 is 0. The molecule has 0 heterocycles. The Bertz CT molecular complexity index is 518. The summed E-state index contributed by atoms with van der Waals surface area (Å²) in [4.78, 5) is 22.0. The molecule has 5 heteroatoms. The minimum atomic E-state index is -0.856. The van der Waals surface area contributed by atoms with Crippen LogP contribution in [-0.4, -0.2) is 17.0 Å². The number of amides is 1. The van der Waals surface area contributed by atoms with Gasteiger partial charge in [0.2, 0.25) is 5.91 Å². The second-order valence-electron chi connectivity index (χ2n) is 4.26. The number of hydrogen-bond acceptors (Lipinski definition) is 3. The van der Waals surface area contributed by atoms with Gasteiger partial charge in [0, 0.05) is 12.8 Å². The molecule has 0 radical (unpaired) electrons. The summed E-state index contributed by atoms with van der Waals surface area (Å²) in [6.07, 6.45) is 1.32. The van der Waals surface area contributed by atoms with E-state index in [0.29, 0.717) is 24.1 Å². The lowest BCUT2D eigenvalue weighted by atomic mass is 10.1. The molecule has 1 aromatic carbocycles. The van der Waals surface area contributed by atoms with Gasteiger partial charge in [-0.1, -0.05) is 12.1 Å². The Morgan fingerprint density at radius 3 is 2.63 bits per heavy atom. The quantitative estimate of drug-likeness (QED) is 0.769. The summed E-state index contributed by atoms with van der Waals surface area (Å²) >= 11 is 0. The second kappa shape index (κ2) is 7.17. The van der Waals surface area contributed by atoms with Gasteiger partial charge >= 0.3 is 5.97 Å². The molecule has 0 aromatic heterocycles. The second-order valence-corrected chi connectivity index (χ2v) is 4.26. The van der Waals surface area contributed by atoms with Crippen LogP contribution in [0.2, 0.25) is 0 Å².